The fourth-order valence-corrected chi connectivity index (χ4v) is 3.62. The Labute approximate surface area is 179 Å². The van der Waals surface area contributed by atoms with Crippen molar-refractivity contribution in [2.75, 3.05) is 33.5 Å². The van der Waals surface area contributed by atoms with Gasteiger partial charge >= 0.3 is 6.09 Å². The van der Waals surface area contributed by atoms with Crippen LogP contribution in [0, 0.1) is 10.1 Å². The second kappa shape index (κ2) is 9.58. The SMILES string of the molecule is CN(C)C(=O)CO[C@@]1(C)C[C@@H](OS(C)(=O)=O)CN1C(=O)OCc1ccc([N+](=O)[O-])cc1. The molecule has 172 valence electrons. The molecular weight excluding hydrogens is 434 g/mol. The molecule has 0 saturated carbocycles. The number of likely N-dealkylation sites (N-methyl/N-ethyl adjacent to an activating group) is 1. The zero-order valence-corrected chi connectivity index (χ0v) is 18.5. The number of hydrogen-bond donors (Lipinski definition) is 0. The van der Waals surface area contributed by atoms with E-state index in [2.05, 4.69) is 0 Å². The number of nitro benzene ring substituents is 1. The highest BCUT2D eigenvalue weighted by molar-refractivity contribution is 7.86. The van der Waals surface area contributed by atoms with Crippen LogP contribution in [-0.4, -0.2) is 80.5 Å². The minimum Gasteiger partial charge on any atom is -0.444 e. The summed E-state index contributed by atoms with van der Waals surface area (Å²) in [5.41, 5.74) is -0.914. The highest BCUT2D eigenvalue weighted by Crippen LogP contribution is 2.33. The van der Waals surface area contributed by atoms with Crippen LogP contribution in [0.5, 0.6) is 0 Å². The lowest BCUT2D eigenvalue weighted by Gasteiger charge is -2.34. The minimum atomic E-state index is -3.78. The summed E-state index contributed by atoms with van der Waals surface area (Å²) in [7, 11) is -0.682. The number of rotatable bonds is 8. The maximum atomic E-state index is 12.7. The smallest absolute Gasteiger partial charge is 0.412 e. The number of non-ortho nitro benzene ring substituents is 1. The van der Waals surface area contributed by atoms with Crippen LogP contribution in [-0.2, 0) is 35.2 Å². The Morgan fingerprint density at radius 3 is 2.42 bits per heavy atom. The molecule has 1 fully saturated rings. The van der Waals surface area contributed by atoms with Crippen LogP contribution >= 0.6 is 0 Å². The number of nitrogens with zero attached hydrogens (tertiary/aromatic N) is 3. The van der Waals surface area contributed by atoms with Crippen LogP contribution in [0.3, 0.4) is 0 Å². The summed E-state index contributed by atoms with van der Waals surface area (Å²) in [5.74, 6) is -0.340. The van der Waals surface area contributed by atoms with Crippen molar-refractivity contribution < 1.29 is 36.6 Å². The van der Waals surface area contributed by atoms with Gasteiger partial charge in [-0.2, -0.15) is 8.42 Å². The second-order valence-electron chi connectivity index (χ2n) is 7.47. The van der Waals surface area contributed by atoms with E-state index in [1.54, 1.807) is 14.1 Å². The first-order chi connectivity index (χ1) is 14.3. The molecule has 1 aliphatic rings. The average molecular weight is 459 g/mol. The predicted octanol–water partition coefficient (Wildman–Crippen LogP) is 1.10. The fourth-order valence-electron chi connectivity index (χ4n) is 2.99. The van der Waals surface area contributed by atoms with Gasteiger partial charge in [0.05, 0.1) is 23.8 Å². The van der Waals surface area contributed by atoms with Crippen molar-refractivity contribution in [3.8, 4) is 0 Å². The Morgan fingerprint density at radius 2 is 1.90 bits per heavy atom. The third kappa shape index (κ3) is 6.87. The van der Waals surface area contributed by atoms with Crippen LogP contribution in [0.2, 0.25) is 0 Å². The molecule has 1 aromatic carbocycles. The lowest BCUT2D eigenvalue weighted by molar-refractivity contribution is -0.384. The quantitative estimate of drug-likeness (QED) is 0.317. The third-order valence-corrected chi connectivity index (χ3v) is 5.23. The molecule has 31 heavy (non-hydrogen) atoms. The Balaban J connectivity index is 2.10. The van der Waals surface area contributed by atoms with Gasteiger partial charge in [-0.15, -0.1) is 0 Å². The van der Waals surface area contributed by atoms with Crippen molar-refractivity contribution in [3.63, 3.8) is 0 Å². The van der Waals surface area contributed by atoms with Gasteiger partial charge in [-0.05, 0) is 24.6 Å². The van der Waals surface area contributed by atoms with Crippen molar-refractivity contribution in [1.29, 1.82) is 0 Å². The normalized spacial score (nSPS) is 21.0. The Bertz CT molecular complexity index is 933. The van der Waals surface area contributed by atoms with Crippen LogP contribution in [0.4, 0.5) is 10.5 Å². The molecule has 0 radical (unpaired) electrons. The van der Waals surface area contributed by atoms with Gasteiger partial charge in [-0.25, -0.2) is 4.79 Å². The molecule has 1 heterocycles. The average Bonchev–Trinajstić information content (AvgIpc) is 2.99. The van der Waals surface area contributed by atoms with Crippen LogP contribution in [0.15, 0.2) is 24.3 Å². The summed E-state index contributed by atoms with van der Waals surface area (Å²) in [5, 5.41) is 10.7. The molecule has 0 bridgehead atoms. The van der Waals surface area contributed by atoms with Gasteiger partial charge in [-0.1, -0.05) is 0 Å². The number of ether oxygens (including phenoxy) is 2. The van der Waals surface area contributed by atoms with Gasteiger partial charge in [0.25, 0.3) is 15.8 Å². The van der Waals surface area contributed by atoms with E-state index in [4.69, 9.17) is 13.7 Å². The van der Waals surface area contributed by atoms with Gasteiger partial charge < -0.3 is 14.4 Å². The van der Waals surface area contributed by atoms with Gasteiger partial charge in [0, 0.05) is 32.6 Å². The largest absolute Gasteiger partial charge is 0.444 e. The van der Waals surface area contributed by atoms with Crippen molar-refractivity contribution in [1.82, 2.24) is 9.80 Å². The summed E-state index contributed by atoms with van der Waals surface area (Å²) in [4.78, 5) is 37.3. The first-order valence-electron chi connectivity index (χ1n) is 9.21. The Morgan fingerprint density at radius 1 is 1.29 bits per heavy atom. The lowest BCUT2D eigenvalue weighted by Crippen LogP contribution is -2.48. The molecule has 1 aliphatic heterocycles. The van der Waals surface area contributed by atoms with Gasteiger partial charge in [0.15, 0.2) is 0 Å². The van der Waals surface area contributed by atoms with E-state index in [0.717, 1.165) is 11.2 Å². The molecule has 12 nitrogen and oxygen atoms in total. The van der Waals surface area contributed by atoms with E-state index < -0.39 is 33.0 Å². The molecule has 0 aromatic heterocycles. The molecular formula is C18H25N3O9S. The maximum absolute atomic E-state index is 12.7. The van der Waals surface area contributed by atoms with Crippen molar-refractivity contribution >= 4 is 27.8 Å². The molecule has 2 amide bonds. The molecule has 0 N–H and O–H groups in total. The molecule has 0 aliphatic carbocycles. The standard InChI is InChI=1S/C18H25N3O9S/c1-18(29-12-16(22)19(2)3)9-15(30-31(4,26)27)10-20(18)17(23)28-11-13-5-7-14(8-6-13)21(24)25/h5-8,15H,9-12H2,1-4H3/t15-,18+/m1/s1. The summed E-state index contributed by atoms with van der Waals surface area (Å²) < 4.78 is 39.0. The van der Waals surface area contributed by atoms with Crippen LogP contribution < -0.4 is 0 Å². The van der Waals surface area contributed by atoms with E-state index in [-0.39, 0.29) is 37.8 Å². The molecule has 13 heteroatoms. The Hall–Kier alpha value is -2.77. The van der Waals surface area contributed by atoms with Crippen molar-refractivity contribution in [2.45, 2.75) is 31.8 Å². The van der Waals surface area contributed by atoms with Crippen LogP contribution in [0.25, 0.3) is 0 Å². The number of carbonyl (C=O) groups is 2. The third-order valence-electron chi connectivity index (χ3n) is 4.61. The number of carbonyl (C=O) groups excluding carboxylic acids is 2. The van der Waals surface area contributed by atoms with E-state index in [0.29, 0.717) is 5.56 Å². The number of hydrogen-bond acceptors (Lipinski definition) is 9. The summed E-state index contributed by atoms with van der Waals surface area (Å²) in [6.07, 6.45) is -0.775. The topological polar surface area (TPSA) is 146 Å². The number of nitro groups is 1. The van der Waals surface area contributed by atoms with Gasteiger partial charge in [0.2, 0.25) is 5.91 Å². The molecule has 1 saturated heterocycles. The van der Waals surface area contributed by atoms with E-state index in [9.17, 15) is 28.1 Å². The zero-order chi connectivity index (χ0) is 23.4. The van der Waals surface area contributed by atoms with E-state index in [1.807, 2.05) is 0 Å². The number of likely N-dealkylation sites (tertiary alicyclic amines) is 1. The van der Waals surface area contributed by atoms with Crippen molar-refractivity contribution in [2.24, 2.45) is 0 Å². The number of benzene rings is 1. The van der Waals surface area contributed by atoms with Crippen LogP contribution in [0.1, 0.15) is 18.9 Å². The van der Waals surface area contributed by atoms with Gasteiger partial charge in [0.1, 0.15) is 18.9 Å². The highest BCUT2D eigenvalue weighted by Gasteiger charge is 2.48. The highest BCUT2D eigenvalue weighted by atomic mass is 32.2. The monoisotopic (exact) mass is 459 g/mol. The lowest BCUT2D eigenvalue weighted by atomic mass is 10.1. The molecule has 2 atom stereocenters. The molecule has 2 rings (SSSR count). The molecule has 1 aromatic rings. The zero-order valence-electron chi connectivity index (χ0n) is 17.6. The molecule has 0 unspecified atom stereocenters. The predicted molar refractivity (Wildman–Crippen MR) is 107 cm³/mol. The summed E-state index contributed by atoms with van der Waals surface area (Å²) in [6, 6.07) is 5.48. The number of amides is 2. The van der Waals surface area contributed by atoms with Crippen molar-refractivity contribution in [3.05, 3.63) is 39.9 Å². The Kier molecular flexibility index (Phi) is 7.57. The second-order valence-corrected chi connectivity index (χ2v) is 9.07. The first-order valence-corrected chi connectivity index (χ1v) is 11.0. The first kappa shape index (κ1) is 24.5. The summed E-state index contributed by atoms with van der Waals surface area (Å²) >= 11 is 0. The fraction of sp³-hybridized carbons (Fsp3) is 0.556. The maximum Gasteiger partial charge on any atom is 0.412 e. The minimum absolute atomic E-state index is 0.00735. The van der Waals surface area contributed by atoms with E-state index >= 15 is 0 Å². The molecule has 0 spiro atoms. The van der Waals surface area contributed by atoms with Gasteiger partial charge in [-0.3, -0.25) is 24.0 Å². The summed E-state index contributed by atoms with van der Waals surface area (Å²) in [6.45, 7) is 0.909. The van der Waals surface area contributed by atoms with E-state index in [1.165, 1.54) is 36.1 Å².